The molecule has 0 saturated carbocycles. The molecule has 3 aromatic carbocycles. The summed E-state index contributed by atoms with van der Waals surface area (Å²) in [5.74, 6) is -0.770. The Balaban J connectivity index is 1.64. The highest BCUT2D eigenvalue weighted by Gasteiger charge is 2.19. The molecule has 3 aromatic rings. The van der Waals surface area contributed by atoms with Gasteiger partial charge >= 0.3 is 0 Å². The van der Waals surface area contributed by atoms with Gasteiger partial charge in [-0.2, -0.15) is 0 Å². The first-order valence-corrected chi connectivity index (χ1v) is 9.64. The lowest BCUT2D eigenvalue weighted by molar-refractivity contribution is -0.384. The number of nitro groups is 1. The van der Waals surface area contributed by atoms with Crippen molar-refractivity contribution in [1.82, 2.24) is 4.90 Å². The van der Waals surface area contributed by atoms with Gasteiger partial charge in [0.05, 0.1) is 11.5 Å². The Morgan fingerprint density at radius 3 is 2.52 bits per heavy atom. The van der Waals surface area contributed by atoms with Crippen LogP contribution in [0, 0.1) is 15.9 Å². The molecule has 0 aromatic heterocycles. The first-order valence-electron chi connectivity index (χ1n) is 9.64. The zero-order chi connectivity index (χ0) is 22.2. The first-order chi connectivity index (χ1) is 15.0. The fourth-order valence-electron chi connectivity index (χ4n) is 2.93. The third-order valence-corrected chi connectivity index (χ3v) is 4.63. The number of para-hydroxylation sites is 1. The molecule has 1 amide bonds. The van der Waals surface area contributed by atoms with Crippen molar-refractivity contribution in [2.45, 2.75) is 6.54 Å². The Bertz CT molecular complexity index is 1060. The number of nitro benzene ring substituents is 1. The lowest BCUT2D eigenvalue weighted by Gasteiger charge is -2.18. The monoisotopic (exact) mass is 423 g/mol. The highest BCUT2D eigenvalue weighted by molar-refractivity contribution is 5.95. The van der Waals surface area contributed by atoms with Crippen molar-refractivity contribution in [2.75, 3.05) is 25.5 Å². The van der Waals surface area contributed by atoms with E-state index >= 15 is 0 Å². The lowest BCUT2D eigenvalue weighted by Crippen LogP contribution is -2.31. The summed E-state index contributed by atoms with van der Waals surface area (Å²) in [6.45, 7) is 0.694. The van der Waals surface area contributed by atoms with E-state index in [0.29, 0.717) is 12.2 Å². The summed E-state index contributed by atoms with van der Waals surface area (Å²) in [6, 6.07) is 19.8. The molecular formula is C23H22FN3O4. The van der Waals surface area contributed by atoms with Gasteiger partial charge in [-0.25, -0.2) is 4.39 Å². The van der Waals surface area contributed by atoms with Crippen LogP contribution in [0.5, 0.6) is 5.75 Å². The maximum Gasteiger partial charge on any atom is 0.293 e. The molecule has 31 heavy (non-hydrogen) atoms. The van der Waals surface area contributed by atoms with Gasteiger partial charge in [-0.05, 0) is 29.8 Å². The van der Waals surface area contributed by atoms with Crippen LogP contribution in [0.2, 0.25) is 0 Å². The molecule has 1 N–H and O–H groups in total. The van der Waals surface area contributed by atoms with E-state index in [0.717, 1.165) is 5.56 Å². The van der Waals surface area contributed by atoms with Gasteiger partial charge in [-0.3, -0.25) is 14.9 Å². The van der Waals surface area contributed by atoms with Crippen molar-refractivity contribution in [2.24, 2.45) is 0 Å². The number of hydrogen-bond donors (Lipinski definition) is 1. The maximum absolute atomic E-state index is 13.6. The second-order valence-corrected chi connectivity index (χ2v) is 6.83. The maximum atomic E-state index is 13.6. The Kier molecular flexibility index (Phi) is 7.16. The van der Waals surface area contributed by atoms with Crippen LogP contribution in [0.4, 0.5) is 15.8 Å². The quantitative estimate of drug-likeness (QED) is 0.405. The number of anilines is 1. The van der Waals surface area contributed by atoms with Crippen molar-refractivity contribution < 1.29 is 18.8 Å². The second-order valence-electron chi connectivity index (χ2n) is 6.83. The minimum atomic E-state index is -0.522. The predicted molar refractivity (Wildman–Crippen MR) is 116 cm³/mol. The van der Waals surface area contributed by atoms with Crippen LogP contribution < -0.4 is 10.1 Å². The second kappa shape index (κ2) is 10.2. The molecule has 0 radical (unpaired) electrons. The summed E-state index contributed by atoms with van der Waals surface area (Å²) >= 11 is 0. The smallest absolute Gasteiger partial charge is 0.293 e. The Morgan fingerprint density at radius 1 is 1.10 bits per heavy atom. The van der Waals surface area contributed by atoms with E-state index in [1.807, 2.05) is 30.3 Å². The summed E-state index contributed by atoms with van der Waals surface area (Å²) in [5.41, 5.74) is 1.31. The van der Waals surface area contributed by atoms with Crippen LogP contribution in [-0.2, 0) is 6.54 Å². The van der Waals surface area contributed by atoms with Gasteiger partial charge in [0.15, 0.2) is 11.6 Å². The number of nitrogens with one attached hydrogen (secondary N) is 1. The Labute approximate surface area is 179 Å². The van der Waals surface area contributed by atoms with E-state index in [-0.39, 0.29) is 30.2 Å². The van der Waals surface area contributed by atoms with Gasteiger partial charge in [0, 0.05) is 25.2 Å². The normalized spacial score (nSPS) is 10.4. The zero-order valence-corrected chi connectivity index (χ0v) is 17.0. The Hall–Kier alpha value is -3.94. The van der Waals surface area contributed by atoms with E-state index in [1.54, 1.807) is 19.2 Å². The van der Waals surface area contributed by atoms with Crippen molar-refractivity contribution >= 4 is 17.3 Å². The van der Waals surface area contributed by atoms with Gasteiger partial charge in [0.2, 0.25) is 0 Å². The lowest BCUT2D eigenvalue weighted by atomic mass is 10.1. The van der Waals surface area contributed by atoms with Gasteiger partial charge in [-0.1, -0.05) is 42.5 Å². The van der Waals surface area contributed by atoms with Crippen LogP contribution in [0.3, 0.4) is 0 Å². The number of halogens is 1. The number of benzene rings is 3. The number of carbonyl (C=O) groups is 1. The number of ether oxygens (including phenoxy) is 1. The van der Waals surface area contributed by atoms with Crippen LogP contribution in [0.25, 0.3) is 0 Å². The molecule has 0 unspecified atom stereocenters. The third kappa shape index (κ3) is 5.79. The molecule has 0 saturated heterocycles. The summed E-state index contributed by atoms with van der Waals surface area (Å²) in [6.07, 6.45) is 0. The summed E-state index contributed by atoms with van der Waals surface area (Å²) in [4.78, 5) is 25.0. The van der Waals surface area contributed by atoms with Gasteiger partial charge in [0.25, 0.3) is 11.6 Å². The van der Waals surface area contributed by atoms with E-state index < -0.39 is 16.6 Å². The van der Waals surface area contributed by atoms with E-state index in [4.69, 9.17) is 4.74 Å². The molecular weight excluding hydrogens is 401 g/mol. The molecule has 3 rings (SSSR count). The van der Waals surface area contributed by atoms with Gasteiger partial charge in [0.1, 0.15) is 12.3 Å². The average Bonchev–Trinajstić information content (AvgIpc) is 2.79. The van der Waals surface area contributed by atoms with Crippen molar-refractivity contribution in [3.05, 3.63) is 99.9 Å². The molecule has 0 aliphatic rings. The van der Waals surface area contributed by atoms with Crippen LogP contribution >= 0.6 is 0 Å². The van der Waals surface area contributed by atoms with E-state index in [1.165, 1.54) is 35.2 Å². The molecule has 0 aliphatic carbocycles. The number of likely N-dealkylation sites (N-methyl/N-ethyl adjacent to an activating group) is 1. The standard InChI is InChI=1S/C23H22FN3O4/c1-26(13-14-31-22-10-6-5-9-19(22)24)23(28)18-11-12-20(21(15-18)27(29)30)25-16-17-7-3-2-4-8-17/h2-12,15,25H,13-14,16H2,1H3. The highest BCUT2D eigenvalue weighted by Crippen LogP contribution is 2.26. The van der Waals surface area contributed by atoms with Crippen LogP contribution in [-0.4, -0.2) is 35.9 Å². The highest BCUT2D eigenvalue weighted by atomic mass is 19.1. The number of carbonyl (C=O) groups excluding carboxylic acids is 1. The third-order valence-electron chi connectivity index (χ3n) is 4.63. The molecule has 160 valence electrons. The minimum absolute atomic E-state index is 0.0853. The number of nitrogens with zero attached hydrogens (tertiary/aromatic N) is 2. The predicted octanol–water partition coefficient (Wildman–Crippen LogP) is 4.50. The number of hydrogen-bond acceptors (Lipinski definition) is 5. The molecule has 0 aliphatic heterocycles. The molecule has 0 bridgehead atoms. The molecule has 0 fully saturated rings. The van der Waals surface area contributed by atoms with Gasteiger partial charge in [-0.15, -0.1) is 0 Å². The fourth-order valence-corrected chi connectivity index (χ4v) is 2.93. The van der Waals surface area contributed by atoms with Gasteiger partial charge < -0.3 is 15.0 Å². The molecule has 8 heteroatoms. The molecule has 7 nitrogen and oxygen atoms in total. The average molecular weight is 423 g/mol. The minimum Gasteiger partial charge on any atom is -0.489 e. The zero-order valence-electron chi connectivity index (χ0n) is 17.0. The summed E-state index contributed by atoms with van der Waals surface area (Å²) < 4.78 is 19.0. The van der Waals surface area contributed by atoms with Crippen LogP contribution in [0.1, 0.15) is 15.9 Å². The number of amides is 1. The summed E-state index contributed by atoms with van der Waals surface area (Å²) in [7, 11) is 1.56. The van der Waals surface area contributed by atoms with Crippen molar-refractivity contribution in [3.8, 4) is 5.75 Å². The Morgan fingerprint density at radius 2 is 1.81 bits per heavy atom. The van der Waals surface area contributed by atoms with Crippen molar-refractivity contribution in [1.29, 1.82) is 0 Å². The molecule has 0 heterocycles. The van der Waals surface area contributed by atoms with E-state index in [9.17, 15) is 19.3 Å². The van der Waals surface area contributed by atoms with Crippen LogP contribution in [0.15, 0.2) is 72.8 Å². The van der Waals surface area contributed by atoms with E-state index in [2.05, 4.69) is 5.32 Å². The largest absolute Gasteiger partial charge is 0.489 e. The topological polar surface area (TPSA) is 84.7 Å². The number of rotatable bonds is 9. The fraction of sp³-hybridized carbons (Fsp3) is 0.174. The first kappa shape index (κ1) is 21.8. The summed E-state index contributed by atoms with van der Waals surface area (Å²) in [5, 5.41) is 14.6. The van der Waals surface area contributed by atoms with Crippen molar-refractivity contribution in [3.63, 3.8) is 0 Å². The SMILES string of the molecule is CN(CCOc1ccccc1F)C(=O)c1ccc(NCc2ccccc2)c([N+](=O)[O-])c1. The molecule has 0 atom stereocenters. The molecule has 0 spiro atoms.